The average molecular weight is 338 g/mol. The lowest BCUT2D eigenvalue weighted by Gasteiger charge is -2.32. The predicted octanol–water partition coefficient (Wildman–Crippen LogP) is 2.06. The monoisotopic (exact) mass is 338 g/mol. The highest BCUT2D eigenvalue weighted by Gasteiger charge is 2.29. The maximum absolute atomic E-state index is 12.6. The molecule has 0 spiro atoms. The van der Waals surface area contributed by atoms with Gasteiger partial charge in [-0.2, -0.15) is 0 Å². The summed E-state index contributed by atoms with van der Waals surface area (Å²) in [5.74, 6) is 0.0342. The summed E-state index contributed by atoms with van der Waals surface area (Å²) in [5.41, 5.74) is 1.85. The Kier molecular flexibility index (Phi) is 5.81. The number of carbonyl (C=O) groups excluding carboxylic acids is 1. The molecular formula is C17H26N2O3S. The zero-order chi connectivity index (χ0) is 17.0. The minimum atomic E-state index is -3.31. The standard InChI is InChI=1S/C17H26N2O3S/c1-13(2)17(20)18-16-8-10-19(11-9-16)23(21,22)12-15-7-5-4-6-14(15)3/h4-7,13,16H,8-12H2,1-3H3,(H,18,20). The lowest BCUT2D eigenvalue weighted by molar-refractivity contribution is -0.124. The summed E-state index contributed by atoms with van der Waals surface area (Å²) < 4.78 is 26.7. The summed E-state index contributed by atoms with van der Waals surface area (Å²) in [5, 5.41) is 2.99. The Morgan fingerprint density at radius 2 is 1.87 bits per heavy atom. The normalized spacial score (nSPS) is 17.4. The maximum Gasteiger partial charge on any atom is 0.222 e. The maximum atomic E-state index is 12.6. The van der Waals surface area contributed by atoms with Crippen LogP contribution >= 0.6 is 0 Å². The number of carbonyl (C=O) groups is 1. The van der Waals surface area contributed by atoms with Crippen LogP contribution in [0.15, 0.2) is 24.3 Å². The van der Waals surface area contributed by atoms with Crippen molar-refractivity contribution in [1.29, 1.82) is 0 Å². The van der Waals surface area contributed by atoms with Gasteiger partial charge >= 0.3 is 0 Å². The molecule has 1 heterocycles. The molecule has 0 aliphatic carbocycles. The van der Waals surface area contributed by atoms with Crippen molar-refractivity contribution in [2.24, 2.45) is 5.92 Å². The lowest BCUT2D eigenvalue weighted by Crippen LogP contribution is -2.47. The van der Waals surface area contributed by atoms with E-state index in [9.17, 15) is 13.2 Å². The second-order valence-electron chi connectivity index (χ2n) is 6.52. The summed E-state index contributed by atoms with van der Waals surface area (Å²) in [7, 11) is -3.31. The first kappa shape index (κ1) is 17.9. The molecule has 1 aliphatic rings. The number of amides is 1. The van der Waals surface area contributed by atoms with Crippen LogP contribution in [-0.4, -0.2) is 37.8 Å². The van der Waals surface area contributed by atoms with Crippen LogP contribution in [0.5, 0.6) is 0 Å². The van der Waals surface area contributed by atoms with Gasteiger partial charge in [0.2, 0.25) is 15.9 Å². The fourth-order valence-electron chi connectivity index (χ4n) is 2.71. The van der Waals surface area contributed by atoms with Gasteiger partial charge in [0, 0.05) is 25.0 Å². The molecule has 1 aliphatic heterocycles. The molecule has 0 unspecified atom stereocenters. The van der Waals surface area contributed by atoms with Gasteiger partial charge < -0.3 is 5.32 Å². The predicted molar refractivity (Wildman–Crippen MR) is 91.4 cm³/mol. The van der Waals surface area contributed by atoms with Crippen molar-refractivity contribution in [2.75, 3.05) is 13.1 Å². The zero-order valence-corrected chi connectivity index (χ0v) is 14.9. The fraction of sp³-hybridized carbons (Fsp3) is 0.588. The largest absolute Gasteiger partial charge is 0.353 e. The number of nitrogens with zero attached hydrogens (tertiary/aromatic N) is 1. The van der Waals surface area contributed by atoms with Crippen molar-refractivity contribution in [3.8, 4) is 0 Å². The van der Waals surface area contributed by atoms with Gasteiger partial charge in [0.1, 0.15) is 0 Å². The number of aryl methyl sites for hydroxylation is 1. The van der Waals surface area contributed by atoms with Crippen LogP contribution in [-0.2, 0) is 20.6 Å². The van der Waals surface area contributed by atoms with Crippen molar-refractivity contribution >= 4 is 15.9 Å². The molecule has 0 bridgehead atoms. The highest BCUT2D eigenvalue weighted by molar-refractivity contribution is 7.88. The zero-order valence-electron chi connectivity index (χ0n) is 14.1. The van der Waals surface area contributed by atoms with E-state index in [2.05, 4.69) is 5.32 Å². The smallest absolute Gasteiger partial charge is 0.222 e. The molecule has 1 fully saturated rings. The average Bonchev–Trinajstić information content (AvgIpc) is 2.50. The van der Waals surface area contributed by atoms with Gasteiger partial charge in [0.15, 0.2) is 0 Å². The van der Waals surface area contributed by atoms with E-state index in [-0.39, 0.29) is 23.6 Å². The van der Waals surface area contributed by atoms with Crippen molar-refractivity contribution in [1.82, 2.24) is 9.62 Å². The Balaban J connectivity index is 1.94. The van der Waals surface area contributed by atoms with E-state index in [4.69, 9.17) is 0 Å². The van der Waals surface area contributed by atoms with Gasteiger partial charge in [0.05, 0.1) is 5.75 Å². The van der Waals surface area contributed by atoms with E-state index in [0.717, 1.165) is 11.1 Å². The van der Waals surface area contributed by atoms with Crippen LogP contribution in [0.25, 0.3) is 0 Å². The quantitative estimate of drug-likeness (QED) is 0.894. The highest BCUT2D eigenvalue weighted by Crippen LogP contribution is 2.19. The Hall–Kier alpha value is -1.40. The molecule has 128 valence electrons. The molecule has 1 saturated heterocycles. The number of rotatable bonds is 5. The van der Waals surface area contributed by atoms with Crippen LogP contribution in [0.2, 0.25) is 0 Å². The van der Waals surface area contributed by atoms with Crippen molar-refractivity contribution in [2.45, 2.75) is 45.4 Å². The molecule has 2 rings (SSSR count). The number of hydrogen-bond acceptors (Lipinski definition) is 3. The molecule has 1 aromatic carbocycles. The first-order valence-electron chi connectivity index (χ1n) is 8.12. The van der Waals surface area contributed by atoms with Crippen LogP contribution in [0.3, 0.4) is 0 Å². The van der Waals surface area contributed by atoms with E-state index in [1.54, 1.807) is 4.31 Å². The first-order chi connectivity index (χ1) is 10.8. The molecule has 0 radical (unpaired) electrons. The molecule has 23 heavy (non-hydrogen) atoms. The van der Waals surface area contributed by atoms with Gasteiger partial charge in [-0.3, -0.25) is 4.79 Å². The number of benzene rings is 1. The Bertz CT molecular complexity index is 648. The van der Waals surface area contributed by atoms with Gasteiger partial charge in [-0.25, -0.2) is 12.7 Å². The second-order valence-corrected chi connectivity index (χ2v) is 8.49. The molecule has 6 heteroatoms. The topological polar surface area (TPSA) is 66.5 Å². The van der Waals surface area contributed by atoms with Crippen molar-refractivity contribution < 1.29 is 13.2 Å². The molecule has 1 amide bonds. The van der Waals surface area contributed by atoms with E-state index >= 15 is 0 Å². The van der Waals surface area contributed by atoms with Crippen LogP contribution < -0.4 is 5.32 Å². The SMILES string of the molecule is Cc1ccccc1CS(=O)(=O)N1CCC(NC(=O)C(C)C)CC1. The molecule has 5 nitrogen and oxygen atoms in total. The van der Waals surface area contributed by atoms with Crippen LogP contribution in [0, 0.1) is 12.8 Å². The summed E-state index contributed by atoms with van der Waals surface area (Å²) >= 11 is 0. The van der Waals surface area contributed by atoms with Crippen LogP contribution in [0.1, 0.15) is 37.8 Å². The van der Waals surface area contributed by atoms with Gasteiger partial charge in [-0.05, 0) is 30.9 Å². The Labute approximate surface area is 139 Å². The number of piperidine rings is 1. The minimum Gasteiger partial charge on any atom is -0.353 e. The summed E-state index contributed by atoms with van der Waals surface area (Å²) in [4.78, 5) is 11.7. The third-order valence-corrected chi connectivity index (χ3v) is 6.14. The number of sulfonamides is 1. The Morgan fingerprint density at radius 3 is 2.43 bits per heavy atom. The molecular weight excluding hydrogens is 312 g/mol. The first-order valence-corrected chi connectivity index (χ1v) is 9.73. The van der Waals surface area contributed by atoms with Gasteiger partial charge in [-0.1, -0.05) is 38.1 Å². The van der Waals surface area contributed by atoms with Crippen molar-refractivity contribution in [3.63, 3.8) is 0 Å². The minimum absolute atomic E-state index is 0.0335. The molecule has 0 aromatic heterocycles. The summed E-state index contributed by atoms with van der Waals surface area (Å²) in [6.07, 6.45) is 1.34. The van der Waals surface area contributed by atoms with E-state index < -0.39 is 10.0 Å². The molecule has 0 saturated carbocycles. The molecule has 1 aromatic rings. The van der Waals surface area contributed by atoms with E-state index in [1.807, 2.05) is 45.0 Å². The highest BCUT2D eigenvalue weighted by atomic mass is 32.2. The van der Waals surface area contributed by atoms with E-state index in [0.29, 0.717) is 25.9 Å². The van der Waals surface area contributed by atoms with E-state index in [1.165, 1.54) is 0 Å². The van der Waals surface area contributed by atoms with Crippen molar-refractivity contribution in [3.05, 3.63) is 35.4 Å². The lowest BCUT2D eigenvalue weighted by atomic mass is 10.1. The second kappa shape index (κ2) is 7.45. The van der Waals surface area contributed by atoms with Crippen LogP contribution in [0.4, 0.5) is 0 Å². The third-order valence-electron chi connectivity index (χ3n) is 4.32. The van der Waals surface area contributed by atoms with Gasteiger partial charge in [0.25, 0.3) is 0 Å². The Morgan fingerprint density at radius 1 is 1.26 bits per heavy atom. The fourth-order valence-corrected chi connectivity index (χ4v) is 4.37. The third kappa shape index (κ3) is 4.78. The summed E-state index contributed by atoms with van der Waals surface area (Å²) in [6.45, 7) is 6.58. The molecule has 1 N–H and O–H groups in total. The summed E-state index contributed by atoms with van der Waals surface area (Å²) in [6, 6.07) is 7.65. The van der Waals surface area contributed by atoms with Gasteiger partial charge in [-0.15, -0.1) is 0 Å². The number of hydrogen-bond donors (Lipinski definition) is 1. The molecule has 0 atom stereocenters. The number of nitrogens with one attached hydrogen (secondary N) is 1.